The van der Waals surface area contributed by atoms with Crippen LogP contribution in [0.1, 0.15) is 21.9 Å². The van der Waals surface area contributed by atoms with E-state index in [9.17, 15) is 4.79 Å². The lowest BCUT2D eigenvalue weighted by Gasteiger charge is -2.05. The van der Waals surface area contributed by atoms with Gasteiger partial charge in [0.25, 0.3) is 5.91 Å². The Kier molecular flexibility index (Phi) is 3.64. The Morgan fingerprint density at radius 3 is 2.22 bits per heavy atom. The first-order valence-corrected chi connectivity index (χ1v) is 6.06. The fourth-order valence-corrected chi connectivity index (χ4v) is 2.21. The smallest absolute Gasteiger partial charge is 0.259 e. The zero-order valence-corrected chi connectivity index (χ0v) is 11.4. The molecule has 0 atom stereocenters. The van der Waals surface area contributed by atoms with Crippen molar-refractivity contribution >= 4 is 34.8 Å². The van der Waals surface area contributed by atoms with Gasteiger partial charge in [0.1, 0.15) is 11.5 Å². The average Bonchev–Trinajstić information content (AvgIpc) is 2.56. The van der Waals surface area contributed by atoms with Crippen LogP contribution in [0.15, 0.2) is 28.7 Å². The fourth-order valence-electron chi connectivity index (χ4n) is 1.68. The lowest BCUT2D eigenvalue weighted by Crippen LogP contribution is -2.12. The molecule has 0 saturated heterocycles. The Hall–Kier alpha value is -1.45. The summed E-state index contributed by atoms with van der Waals surface area (Å²) in [5, 5.41) is 3.67. The van der Waals surface area contributed by atoms with Gasteiger partial charge in [0.05, 0.1) is 5.56 Å². The van der Waals surface area contributed by atoms with E-state index in [0.29, 0.717) is 32.8 Å². The van der Waals surface area contributed by atoms with Gasteiger partial charge < -0.3 is 9.73 Å². The third-order valence-electron chi connectivity index (χ3n) is 2.41. The highest BCUT2D eigenvalue weighted by molar-refractivity contribution is 6.35. The number of amides is 1. The van der Waals surface area contributed by atoms with Crippen LogP contribution in [0, 0.1) is 13.8 Å². The molecule has 3 nitrogen and oxygen atoms in total. The number of furan rings is 1. The van der Waals surface area contributed by atoms with Crippen LogP contribution in [0.4, 0.5) is 5.69 Å². The molecule has 94 valence electrons. The summed E-state index contributed by atoms with van der Waals surface area (Å²) in [5.74, 6) is 1.03. The van der Waals surface area contributed by atoms with E-state index in [1.807, 2.05) is 0 Å². The van der Waals surface area contributed by atoms with E-state index in [-0.39, 0.29) is 5.91 Å². The summed E-state index contributed by atoms with van der Waals surface area (Å²) in [5.41, 5.74) is 1.05. The maximum Gasteiger partial charge on any atom is 0.259 e. The van der Waals surface area contributed by atoms with Gasteiger partial charge in [0.15, 0.2) is 0 Å². The van der Waals surface area contributed by atoms with Gasteiger partial charge >= 0.3 is 0 Å². The molecule has 0 bridgehead atoms. The topological polar surface area (TPSA) is 42.2 Å². The number of hydrogen-bond donors (Lipinski definition) is 1. The van der Waals surface area contributed by atoms with E-state index in [2.05, 4.69) is 5.32 Å². The number of halogens is 2. The molecular formula is C13H11Cl2NO2. The zero-order valence-electron chi connectivity index (χ0n) is 9.88. The minimum atomic E-state index is -0.248. The minimum Gasteiger partial charge on any atom is -0.466 e. The summed E-state index contributed by atoms with van der Waals surface area (Å²) in [6.45, 7) is 3.53. The van der Waals surface area contributed by atoms with E-state index in [4.69, 9.17) is 27.6 Å². The van der Waals surface area contributed by atoms with Crippen molar-refractivity contribution in [3.05, 3.63) is 51.4 Å². The maximum absolute atomic E-state index is 12.0. The molecule has 1 N–H and O–H groups in total. The van der Waals surface area contributed by atoms with Crippen molar-refractivity contribution in [1.82, 2.24) is 0 Å². The van der Waals surface area contributed by atoms with Crippen molar-refractivity contribution in [2.75, 3.05) is 5.32 Å². The highest BCUT2D eigenvalue weighted by atomic mass is 35.5. The molecule has 0 aliphatic carbocycles. The number of aryl methyl sites for hydroxylation is 2. The molecule has 0 unspecified atom stereocenters. The number of nitrogens with one attached hydrogen (secondary N) is 1. The molecule has 18 heavy (non-hydrogen) atoms. The molecule has 0 saturated carbocycles. The monoisotopic (exact) mass is 283 g/mol. The highest BCUT2D eigenvalue weighted by Crippen LogP contribution is 2.23. The lowest BCUT2D eigenvalue weighted by molar-refractivity contribution is 0.102. The van der Waals surface area contributed by atoms with Gasteiger partial charge in [-0.05, 0) is 38.1 Å². The fraction of sp³-hybridized carbons (Fsp3) is 0.154. The first kappa shape index (κ1) is 13.0. The standard InChI is InChI=1S/C13H11Cl2NO2/c1-7-3-12(8(2)18-7)13(17)16-11-5-9(14)4-10(15)6-11/h3-6H,1-2H3,(H,16,17). The Labute approximate surface area is 115 Å². The first-order chi connectivity index (χ1) is 8.45. The first-order valence-electron chi connectivity index (χ1n) is 5.30. The van der Waals surface area contributed by atoms with Gasteiger partial charge in [-0.15, -0.1) is 0 Å². The molecule has 0 aliphatic rings. The van der Waals surface area contributed by atoms with Crippen LogP contribution >= 0.6 is 23.2 Å². The van der Waals surface area contributed by atoms with Crippen LogP contribution in [0.2, 0.25) is 10.0 Å². The van der Waals surface area contributed by atoms with Crippen molar-refractivity contribution in [3.8, 4) is 0 Å². The van der Waals surface area contributed by atoms with E-state index >= 15 is 0 Å². The molecule has 0 fully saturated rings. The Morgan fingerprint density at radius 1 is 1.11 bits per heavy atom. The summed E-state index contributed by atoms with van der Waals surface area (Å²) in [6.07, 6.45) is 0. The van der Waals surface area contributed by atoms with Crippen LogP contribution in [0.3, 0.4) is 0 Å². The van der Waals surface area contributed by atoms with Crippen LogP contribution < -0.4 is 5.32 Å². The van der Waals surface area contributed by atoms with Crippen LogP contribution in [0.5, 0.6) is 0 Å². The molecule has 5 heteroatoms. The number of carbonyl (C=O) groups is 1. The van der Waals surface area contributed by atoms with Crippen molar-refractivity contribution in [3.63, 3.8) is 0 Å². The van der Waals surface area contributed by atoms with Gasteiger partial charge in [0.2, 0.25) is 0 Å². The molecule has 0 aliphatic heterocycles. The minimum absolute atomic E-state index is 0.248. The number of anilines is 1. The predicted molar refractivity (Wildman–Crippen MR) is 72.6 cm³/mol. The Bertz CT molecular complexity index is 585. The molecule has 0 spiro atoms. The summed E-state index contributed by atoms with van der Waals surface area (Å²) < 4.78 is 5.31. The van der Waals surface area contributed by atoms with Crippen molar-refractivity contribution in [2.24, 2.45) is 0 Å². The molecule has 2 rings (SSSR count). The number of carbonyl (C=O) groups excluding carboxylic acids is 1. The van der Waals surface area contributed by atoms with Crippen LogP contribution in [0.25, 0.3) is 0 Å². The second kappa shape index (κ2) is 5.04. The molecule has 1 aromatic heterocycles. The maximum atomic E-state index is 12.0. The predicted octanol–water partition coefficient (Wildman–Crippen LogP) is 4.46. The van der Waals surface area contributed by atoms with E-state index in [1.165, 1.54) is 0 Å². The van der Waals surface area contributed by atoms with Crippen molar-refractivity contribution in [2.45, 2.75) is 13.8 Å². The average molecular weight is 284 g/mol. The van der Waals surface area contributed by atoms with Gasteiger partial charge in [-0.3, -0.25) is 4.79 Å². The van der Waals surface area contributed by atoms with E-state index < -0.39 is 0 Å². The summed E-state index contributed by atoms with van der Waals surface area (Å²) in [7, 11) is 0. The van der Waals surface area contributed by atoms with Crippen LogP contribution in [-0.2, 0) is 0 Å². The Morgan fingerprint density at radius 2 is 1.72 bits per heavy atom. The lowest BCUT2D eigenvalue weighted by atomic mass is 10.2. The number of hydrogen-bond acceptors (Lipinski definition) is 2. The summed E-state index contributed by atoms with van der Waals surface area (Å²) in [4.78, 5) is 12.0. The molecular weight excluding hydrogens is 273 g/mol. The third-order valence-corrected chi connectivity index (χ3v) is 2.84. The van der Waals surface area contributed by atoms with Gasteiger partial charge in [-0.2, -0.15) is 0 Å². The normalized spacial score (nSPS) is 10.4. The highest BCUT2D eigenvalue weighted by Gasteiger charge is 2.13. The van der Waals surface area contributed by atoms with Gasteiger partial charge in [-0.25, -0.2) is 0 Å². The third kappa shape index (κ3) is 2.86. The number of benzene rings is 1. The second-order valence-corrected chi connectivity index (χ2v) is 4.81. The molecule has 1 heterocycles. The summed E-state index contributed by atoms with van der Waals surface area (Å²) in [6, 6.07) is 6.56. The number of rotatable bonds is 2. The molecule has 2 aromatic rings. The summed E-state index contributed by atoms with van der Waals surface area (Å²) >= 11 is 11.7. The quantitative estimate of drug-likeness (QED) is 0.884. The zero-order chi connectivity index (χ0) is 13.3. The van der Waals surface area contributed by atoms with E-state index in [0.717, 1.165) is 0 Å². The van der Waals surface area contributed by atoms with Crippen molar-refractivity contribution in [1.29, 1.82) is 0 Å². The second-order valence-electron chi connectivity index (χ2n) is 3.94. The van der Waals surface area contributed by atoms with E-state index in [1.54, 1.807) is 38.1 Å². The van der Waals surface area contributed by atoms with Gasteiger partial charge in [-0.1, -0.05) is 23.2 Å². The van der Waals surface area contributed by atoms with Crippen LogP contribution in [-0.4, -0.2) is 5.91 Å². The van der Waals surface area contributed by atoms with Crippen molar-refractivity contribution < 1.29 is 9.21 Å². The Balaban J connectivity index is 2.23. The molecule has 0 radical (unpaired) electrons. The largest absolute Gasteiger partial charge is 0.466 e. The molecule has 1 amide bonds. The SMILES string of the molecule is Cc1cc(C(=O)Nc2cc(Cl)cc(Cl)c2)c(C)o1. The van der Waals surface area contributed by atoms with Gasteiger partial charge in [0, 0.05) is 15.7 Å². The molecule has 1 aromatic carbocycles.